The van der Waals surface area contributed by atoms with Crippen LogP contribution in [0.2, 0.25) is 0 Å². The summed E-state index contributed by atoms with van der Waals surface area (Å²) in [6, 6.07) is 13.3. The molecule has 1 aliphatic carbocycles. The van der Waals surface area contributed by atoms with Crippen LogP contribution in [0.4, 0.5) is 0 Å². The molecule has 1 atom stereocenters. The van der Waals surface area contributed by atoms with Gasteiger partial charge in [0.1, 0.15) is 29.8 Å². The molecule has 1 unspecified atom stereocenters. The number of furan rings is 1. The fraction of sp³-hybridized carbons (Fsp3) is 0.348. The fourth-order valence-electron chi connectivity index (χ4n) is 3.38. The van der Waals surface area contributed by atoms with E-state index >= 15 is 0 Å². The maximum Gasteiger partial charge on any atom is 0.310 e. The normalized spacial score (nSPS) is 14.7. The van der Waals surface area contributed by atoms with Gasteiger partial charge in [0, 0.05) is 10.9 Å². The van der Waals surface area contributed by atoms with E-state index in [2.05, 4.69) is 15.9 Å². The maximum atomic E-state index is 11.8. The predicted molar refractivity (Wildman–Crippen MR) is 113 cm³/mol. The van der Waals surface area contributed by atoms with Crippen LogP contribution in [-0.2, 0) is 22.6 Å². The van der Waals surface area contributed by atoms with Crippen LogP contribution in [0.15, 0.2) is 51.4 Å². The summed E-state index contributed by atoms with van der Waals surface area (Å²) >= 11 is 3.56. The molecular weight excluding hydrogens is 436 g/mol. The van der Waals surface area contributed by atoms with Gasteiger partial charge in [0.2, 0.25) is 0 Å². The number of esters is 1. The van der Waals surface area contributed by atoms with Crippen molar-refractivity contribution in [2.45, 2.75) is 38.9 Å². The van der Waals surface area contributed by atoms with Gasteiger partial charge >= 0.3 is 5.97 Å². The minimum absolute atomic E-state index is 0.177. The van der Waals surface area contributed by atoms with Gasteiger partial charge in [0.25, 0.3) is 0 Å². The first-order valence-electron chi connectivity index (χ1n) is 9.81. The minimum Gasteiger partial charge on any atom is -0.489 e. The van der Waals surface area contributed by atoms with Gasteiger partial charge in [0.15, 0.2) is 0 Å². The number of aliphatic hydroxyl groups excluding tert-OH is 1. The Morgan fingerprint density at radius 2 is 2.07 bits per heavy atom. The summed E-state index contributed by atoms with van der Waals surface area (Å²) in [7, 11) is 0. The Kier molecular flexibility index (Phi) is 5.92. The van der Waals surface area contributed by atoms with Crippen molar-refractivity contribution in [2.75, 3.05) is 6.61 Å². The Hall–Kier alpha value is -2.31. The highest BCUT2D eigenvalue weighted by atomic mass is 79.9. The van der Waals surface area contributed by atoms with E-state index in [4.69, 9.17) is 13.9 Å². The van der Waals surface area contributed by atoms with E-state index in [0.29, 0.717) is 30.6 Å². The highest BCUT2D eigenvalue weighted by Crippen LogP contribution is 2.43. The van der Waals surface area contributed by atoms with Gasteiger partial charge in [-0.05, 0) is 71.4 Å². The number of aliphatic hydroxyl groups is 1. The van der Waals surface area contributed by atoms with E-state index in [1.165, 1.54) is 0 Å². The Bertz CT molecular complexity index is 1020. The minimum atomic E-state index is -0.538. The summed E-state index contributed by atoms with van der Waals surface area (Å²) in [6.07, 6.45) is 1.73. The number of para-hydroxylation sites is 1. The monoisotopic (exact) mass is 458 g/mol. The molecule has 0 radical (unpaired) electrons. The van der Waals surface area contributed by atoms with Gasteiger partial charge in [-0.15, -0.1) is 0 Å². The van der Waals surface area contributed by atoms with Crippen molar-refractivity contribution in [3.63, 3.8) is 0 Å². The van der Waals surface area contributed by atoms with Crippen LogP contribution in [-0.4, -0.2) is 17.7 Å². The lowest BCUT2D eigenvalue weighted by Crippen LogP contribution is -2.09. The van der Waals surface area contributed by atoms with E-state index in [0.717, 1.165) is 39.4 Å². The van der Waals surface area contributed by atoms with Gasteiger partial charge in [-0.3, -0.25) is 4.79 Å². The maximum absolute atomic E-state index is 11.8. The van der Waals surface area contributed by atoms with Crippen LogP contribution in [0.5, 0.6) is 5.75 Å². The number of carbonyl (C=O) groups is 1. The molecule has 152 valence electrons. The second-order valence-corrected chi connectivity index (χ2v) is 8.16. The Labute approximate surface area is 177 Å². The highest BCUT2D eigenvalue weighted by molar-refractivity contribution is 9.10. The molecule has 2 aromatic carbocycles. The van der Waals surface area contributed by atoms with Crippen molar-refractivity contribution >= 4 is 32.9 Å². The lowest BCUT2D eigenvalue weighted by molar-refractivity contribution is -0.142. The van der Waals surface area contributed by atoms with Gasteiger partial charge < -0.3 is 19.0 Å². The van der Waals surface area contributed by atoms with Crippen molar-refractivity contribution in [1.82, 2.24) is 0 Å². The van der Waals surface area contributed by atoms with Crippen LogP contribution >= 0.6 is 15.9 Å². The largest absolute Gasteiger partial charge is 0.489 e. The van der Waals surface area contributed by atoms with Crippen LogP contribution in [0.3, 0.4) is 0 Å². The number of halogens is 1. The Morgan fingerprint density at radius 1 is 1.28 bits per heavy atom. The molecule has 0 bridgehead atoms. The van der Waals surface area contributed by atoms with E-state index in [1.54, 1.807) is 6.92 Å². The summed E-state index contributed by atoms with van der Waals surface area (Å²) in [5, 5.41) is 11.3. The van der Waals surface area contributed by atoms with Crippen LogP contribution < -0.4 is 4.74 Å². The molecule has 1 aliphatic rings. The molecule has 6 heteroatoms. The standard InChI is InChI=1S/C23H23BrO5/c1-2-27-21(25)12-16-5-3-4-6-19(16)28-13-14-9-17-11-20(22(26)15-7-8-15)29-23(17)18(24)10-14/h3-6,9-11,15,22,26H,2,7-8,12-13H2,1H3. The third-order valence-electron chi connectivity index (χ3n) is 5.02. The molecule has 1 saturated carbocycles. The van der Waals surface area contributed by atoms with Gasteiger partial charge in [-0.25, -0.2) is 0 Å². The highest BCUT2D eigenvalue weighted by Gasteiger charge is 2.33. The van der Waals surface area contributed by atoms with Crippen LogP contribution in [0, 0.1) is 5.92 Å². The van der Waals surface area contributed by atoms with E-state index < -0.39 is 6.10 Å². The number of fused-ring (bicyclic) bond motifs is 1. The molecule has 5 nitrogen and oxygen atoms in total. The molecule has 1 heterocycles. The third-order valence-corrected chi connectivity index (χ3v) is 5.61. The van der Waals surface area contributed by atoms with E-state index in [1.807, 2.05) is 42.5 Å². The molecule has 29 heavy (non-hydrogen) atoms. The molecule has 0 amide bonds. The number of ether oxygens (including phenoxy) is 2. The summed E-state index contributed by atoms with van der Waals surface area (Å²) in [6.45, 7) is 2.50. The average Bonchev–Trinajstić information content (AvgIpc) is 3.46. The van der Waals surface area contributed by atoms with Crippen molar-refractivity contribution in [2.24, 2.45) is 5.92 Å². The fourth-order valence-corrected chi connectivity index (χ4v) is 3.99. The number of hydrogen-bond acceptors (Lipinski definition) is 5. The lowest BCUT2D eigenvalue weighted by Gasteiger charge is -2.11. The summed E-state index contributed by atoms with van der Waals surface area (Å²) in [5.74, 6) is 1.32. The van der Waals surface area contributed by atoms with Crippen molar-refractivity contribution in [3.8, 4) is 5.75 Å². The number of hydrogen-bond donors (Lipinski definition) is 1. The lowest BCUT2D eigenvalue weighted by atomic mass is 10.1. The SMILES string of the molecule is CCOC(=O)Cc1ccccc1OCc1cc(Br)c2oc(C(O)C3CC3)cc2c1. The van der Waals surface area contributed by atoms with Gasteiger partial charge in [-0.2, -0.15) is 0 Å². The third kappa shape index (κ3) is 4.65. The average molecular weight is 459 g/mol. The van der Waals surface area contributed by atoms with Crippen LogP contribution in [0.1, 0.15) is 42.8 Å². The zero-order valence-electron chi connectivity index (χ0n) is 16.2. The molecule has 1 fully saturated rings. The zero-order valence-corrected chi connectivity index (χ0v) is 17.8. The molecule has 1 aromatic heterocycles. The van der Waals surface area contributed by atoms with Gasteiger partial charge in [0.05, 0.1) is 17.5 Å². The molecule has 3 aromatic rings. The first-order chi connectivity index (χ1) is 14.0. The summed E-state index contributed by atoms with van der Waals surface area (Å²) < 4.78 is 17.7. The first-order valence-corrected chi connectivity index (χ1v) is 10.6. The van der Waals surface area contributed by atoms with E-state index in [9.17, 15) is 9.90 Å². The second kappa shape index (κ2) is 8.59. The Morgan fingerprint density at radius 3 is 2.83 bits per heavy atom. The number of rotatable bonds is 8. The van der Waals surface area contributed by atoms with Crippen molar-refractivity contribution < 1.29 is 23.8 Å². The van der Waals surface area contributed by atoms with Crippen molar-refractivity contribution in [1.29, 1.82) is 0 Å². The second-order valence-electron chi connectivity index (χ2n) is 7.31. The quantitative estimate of drug-likeness (QED) is 0.462. The first kappa shape index (κ1) is 20.0. The van der Waals surface area contributed by atoms with E-state index in [-0.39, 0.29) is 12.4 Å². The topological polar surface area (TPSA) is 68.9 Å². The smallest absolute Gasteiger partial charge is 0.310 e. The predicted octanol–water partition coefficient (Wildman–Crippen LogP) is 5.32. The number of carbonyl (C=O) groups excluding carboxylic acids is 1. The summed E-state index contributed by atoms with van der Waals surface area (Å²) in [4.78, 5) is 11.8. The summed E-state index contributed by atoms with van der Waals surface area (Å²) in [5.41, 5.74) is 2.49. The van der Waals surface area contributed by atoms with Crippen molar-refractivity contribution in [3.05, 3.63) is 63.8 Å². The van der Waals surface area contributed by atoms with Gasteiger partial charge in [-0.1, -0.05) is 18.2 Å². The number of benzene rings is 2. The molecule has 4 rings (SSSR count). The Balaban J connectivity index is 1.51. The molecule has 0 saturated heterocycles. The zero-order chi connectivity index (χ0) is 20.4. The molecule has 1 N–H and O–H groups in total. The molecule has 0 spiro atoms. The molecular formula is C23H23BrO5. The molecule has 0 aliphatic heterocycles. The van der Waals surface area contributed by atoms with Crippen LogP contribution in [0.25, 0.3) is 11.0 Å².